The summed E-state index contributed by atoms with van der Waals surface area (Å²) in [5, 5.41) is 3.05. The molecule has 1 unspecified atom stereocenters. The predicted molar refractivity (Wildman–Crippen MR) is 109 cm³/mol. The SMILES string of the molecule is Cc1ccc(S(=O)(=O)N2CCCCC2)cc1C(=O)NC(C)(CN)C1CC1.Cl. The predicted octanol–water partition coefficient (Wildman–Crippen LogP) is 2.45. The minimum atomic E-state index is -3.56. The molecule has 1 atom stereocenters. The van der Waals surface area contributed by atoms with E-state index in [-0.39, 0.29) is 23.2 Å². The van der Waals surface area contributed by atoms with Gasteiger partial charge in [0, 0.05) is 25.2 Å². The lowest BCUT2D eigenvalue weighted by Crippen LogP contribution is -2.53. The standard InChI is InChI=1S/C19H29N3O3S.ClH/c1-14-6-9-16(26(24,25)22-10-4-3-5-11-22)12-17(14)18(23)21-19(2,13-20)15-7-8-15;/h6,9,12,15H,3-5,7-8,10-11,13,20H2,1-2H3,(H,21,23);1H. The van der Waals surface area contributed by atoms with Crippen LogP contribution >= 0.6 is 12.4 Å². The number of hydrogen-bond acceptors (Lipinski definition) is 4. The van der Waals surface area contributed by atoms with E-state index in [1.807, 2.05) is 13.8 Å². The van der Waals surface area contributed by atoms with Crippen LogP contribution in [0.5, 0.6) is 0 Å². The van der Waals surface area contributed by atoms with E-state index >= 15 is 0 Å². The van der Waals surface area contributed by atoms with Crippen LogP contribution in [0.25, 0.3) is 0 Å². The van der Waals surface area contributed by atoms with Gasteiger partial charge in [0.25, 0.3) is 5.91 Å². The molecule has 0 bridgehead atoms. The van der Waals surface area contributed by atoms with Crippen LogP contribution in [0.1, 0.15) is 54.9 Å². The summed E-state index contributed by atoms with van der Waals surface area (Å²) < 4.78 is 27.3. The number of halogens is 1. The highest BCUT2D eigenvalue weighted by Crippen LogP contribution is 2.39. The number of amides is 1. The number of aryl methyl sites for hydroxylation is 1. The van der Waals surface area contributed by atoms with Crippen molar-refractivity contribution in [3.8, 4) is 0 Å². The highest BCUT2D eigenvalue weighted by molar-refractivity contribution is 7.89. The molecule has 1 heterocycles. The third-order valence-electron chi connectivity index (χ3n) is 5.71. The normalized spacial score (nSPS) is 20.4. The van der Waals surface area contributed by atoms with Crippen molar-refractivity contribution in [2.24, 2.45) is 11.7 Å². The Morgan fingerprint density at radius 2 is 1.89 bits per heavy atom. The molecule has 0 spiro atoms. The average Bonchev–Trinajstić information content (AvgIpc) is 3.48. The van der Waals surface area contributed by atoms with Crippen molar-refractivity contribution in [2.75, 3.05) is 19.6 Å². The van der Waals surface area contributed by atoms with Gasteiger partial charge in [0.15, 0.2) is 0 Å². The lowest BCUT2D eigenvalue weighted by atomic mass is 9.95. The number of benzene rings is 1. The summed E-state index contributed by atoms with van der Waals surface area (Å²) >= 11 is 0. The fourth-order valence-electron chi connectivity index (χ4n) is 3.63. The van der Waals surface area contributed by atoms with Crippen LogP contribution < -0.4 is 11.1 Å². The van der Waals surface area contributed by atoms with Gasteiger partial charge in [-0.2, -0.15) is 4.31 Å². The van der Waals surface area contributed by atoms with Gasteiger partial charge in [-0.3, -0.25) is 4.79 Å². The first kappa shape index (κ1) is 22.1. The van der Waals surface area contributed by atoms with Gasteiger partial charge in [0.05, 0.1) is 10.4 Å². The second kappa shape index (κ2) is 8.47. The summed E-state index contributed by atoms with van der Waals surface area (Å²) in [6.45, 7) is 5.25. The van der Waals surface area contributed by atoms with E-state index in [0.717, 1.165) is 37.7 Å². The summed E-state index contributed by atoms with van der Waals surface area (Å²) in [4.78, 5) is 13.0. The van der Waals surface area contributed by atoms with Crippen molar-refractivity contribution < 1.29 is 13.2 Å². The third kappa shape index (κ3) is 4.65. The molecule has 1 aliphatic carbocycles. The fraction of sp³-hybridized carbons (Fsp3) is 0.632. The summed E-state index contributed by atoms with van der Waals surface area (Å²) in [5.41, 5.74) is 6.62. The van der Waals surface area contributed by atoms with Gasteiger partial charge in [0.2, 0.25) is 10.0 Å². The lowest BCUT2D eigenvalue weighted by molar-refractivity contribution is 0.0897. The first-order valence-electron chi connectivity index (χ1n) is 9.41. The molecular weight excluding hydrogens is 386 g/mol. The molecule has 27 heavy (non-hydrogen) atoms. The van der Waals surface area contributed by atoms with E-state index in [1.165, 1.54) is 10.4 Å². The Kier molecular flexibility index (Phi) is 6.95. The van der Waals surface area contributed by atoms with Crippen molar-refractivity contribution in [3.63, 3.8) is 0 Å². The average molecular weight is 416 g/mol. The Balaban J connectivity index is 0.00000261. The van der Waals surface area contributed by atoms with Crippen LogP contribution in [-0.2, 0) is 10.0 Å². The maximum absolute atomic E-state index is 12.9. The van der Waals surface area contributed by atoms with Crippen molar-refractivity contribution in [3.05, 3.63) is 29.3 Å². The number of carbonyl (C=O) groups is 1. The minimum Gasteiger partial charge on any atom is -0.345 e. The Hall–Kier alpha value is -1.15. The monoisotopic (exact) mass is 415 g/mol. The summed E-state index contributed by atoms with van der Waals surface area (Å²) in [7, 11) is -3.56. The molecule has 1 aromatic rings. The molecule has 1 amide bonds. The smallest absolute Gasteiger partial charge is 0.252 e. The molecular formula is C19H30ClN3O3S. The highest BCUT2D eigenvalue weighted by atomic mass is 35.5. The molecule has 3 N–H and O–H groups in total. The number of rotatable bonds is 6. The van der Waals surface area contributed by atoms with Crippen molar-refractivity contribution in [1.29, 1.82) is 0 Å². The summed E-state index contributed by atoms with van der Waals surface area (Å²) in [5.74, 6) is 0.148. The van der Waals surface area contributed by atoms with Gasteiger partial charge < -0.3 is 11.1 Å². The molecule has 0 radical (unpaired) electrons. The Morgan fingerprint density at radius 1 is 1.26 bits per heavy atom. The number of piperidine rings is 1. The van der Waals surface area contributed by atoms with E-state index in [2.05, 4.69) is 5.32 Å². The topological polar surface area (TPSA) is 92.5 Å². The number of nitrogens with one attached hydrogen (secondary N) is 1. The fourth-order valence-corrected chi connectivity index (χ4v) is 5.17. The summed E-state index contributed by atoms with van der Waals surface area (Å²) in [6, 6.07) is 4.82. The van der Waals surface area contributed by atoms with Crippen LogP contribution in [0.4, 0.5) is 0 Å². The highest BCUT2D eigenvalue weighted by Gasteiger charge is 2.41. The van der Waals surface area contributed by atoms with E-state index in [1.54, 1.807) is 12.1 Å². The van der Waals surface area contributed by atoms with Crippen LogP contribution in [0, 0.1) is 12.8 Å². The van der Waals surface area contributed by atoms with Crippen LogP contribution in [0.15, 0.2) is 23.1 Å². The zero-order valence-corrected chi connectivity index (χ0v) is 17.7. The molecule has 3 rings (SSSR count). The minimum absolute atomic E-state index is 0. The Morgan fingerprint density at radius 3 is 2.44 bits per heavy atom. The van der Waals surface area contributed by atoms with Gasteiger partial charge in [-0.05, 0) is 63.1 Å². The molecule has 0 aromatic heterocycles. The molecule has 6 nitrogen and oxygen atoms in total. The van der Waals surface area contributed by atoms with Crippen molar-refractivity contribution in [2.45, 2.75) is 56.4 Å². The zero-order valence-electron chi connectivity index (χ0n) is 16.0. The zero-order chi connectivity index (χ0) is 18.9. The maximum Gasteiger partial charge on any atom is 0.252 e. The third-order valence-corrected chi connectivity index (χ3v) is 7.60. The first-order valence-corrected chi connectivity index (χ1v) is 10.9. The Bertz CT molecular complexity index is 789. The lowest BCUT2D eigenvalue weighted by Gasteiger charge is -2.30. The van der Waals surface area contributed by atoms with Crippen LogP contribution in [0.2, 0.25) is 0 Å². The number of sulfonamides is 1. The maximum atomic E-state index is 12.9. The van der Waals surface area contributed by atoms with Crippen molar-refractivity contribution in [1.82, 2.24) is 9.62 Å². The second-order valence-corrected chi connectivity index (χ2v) is 9.73. The molecule has 2 fully saturated rings. The van der Waals surface area contributed by atoms with Crippen LogP contribution in [-0.4, -0.2) is 43.8 Å². The molecule has 152 valence electrons. The second-order valence-electron chi connectivity index (χ2n) is 7.79. The first-order chi connectivity index (χ1) is 12.3. The number of nitrogens with two attached hydrogens (primary N) is 1. The van der Waals surface area contributed by atoms with Gasteiger partial charge in [0.1, 0.15) is 0 Å². The molecule has 1 saturated heterocycles. The Labute approximate surface area is 168 Å². The largest absolute Gasteiger partial charge is 0.345 e. The van der Waals surface area contributed by atoms with Gasteiger partial charge >= 0.3 is 0 Å². The summed E-state index contributed by atoms with van der Waals surface area (Å²) in [6.07, 6.45) is 4.96. The molecule has 8 heteroatoms. The van der Waals surface area contributed by atoms with Crippen LogP contribution in [0.3, 0.4) is 0 Å². The number of carbonyl (C=O) groups excluding carboxylic acids is 1. The van der Waals surface area contributed by atoms with E-state index in [0.29, 0.717) is 31.1 Å². The van der Waals surface area contributed by atoms with E-state index in [4.69, 9.17) is 5.73 Å². The number of nitrogens with zero attached hydrogens (tertiary/aromatic N) is 1. The van der Waals surface area contributed by atoms with E-state index < -0.39 is 15.6 Å². The van der Waals surface area contributed by atoms with Gasteiger partial charge in [-0.25, -0.2) is 8.42 Å². The van der Waals surface area contributed by atoms with Gasteiger partial charge in [-0.15, -0.1) is 12.4 Å². The molecule has 1 aliphatic heterocycles. The molecule has 1 aromatic carbocycles. The molecule has 2 aliphatic rings. The van der Waals surface area contributed by atoms with E-state index in [9.17, 15) is 13.2 Å². The van der Waals surface area contributed by atoms with Crippen molar-refractivity contribution >= 4 is 28.3 Å². The number of hydrogen-bond donors (Lipinski definition) is 2. The molecule has 1 saturated carbocycles. The van der Waals surface area contributed by atoms with Gasteiger partial charge in [-0.1, -0.05) is 12.5 Å². The quantitative estimate of drug-likeness (QED) is 0.746.